The third-order valence-electron chi connectivity index (χ3n) is 3.69. The van der Waals surface area contributed by atoms with Crippen molar-refractivity contribution in [2.45, 2.75) is 0 Å². The van der Waals surface area contributed by atoms with Crippen LogP contribution in [0.3, 0.4) is 0 Å². The highest BCUT2D eigenvalue weighted by Gasteiger charge is 2.16. The molecule has 1 N–H and O–H groups in total. The Morgan fingerprint density at radius 3 is 1.89 bits per heavy atom. The summed E-state index contributed by atoms with van der Waals surface area (Å²) in [7, 11) is 0.283. The van der Waals surface area contributed by atoms with Gasteiger partial charge in [-0.2, -0.15) is 0 Å². The fourth-order valence-corrected chi connectivity index (χ4v) is 2.87. The minimum absolute atomic E-state index is 0.0478. The lowest BCUT2D eigenvalue weighted by atomic mass is 10.1. The number of benzene rings is 2. The number of rotatable bonds is 8. The fourth-order valence-electron chi connectivity index (χ4n) is 2.46. The summed E-state index contributed by atoms with van der Waals surface area (Å²) in [6, 6.07) is 6.15. The van der Waals surface area contributed by atoms with Crippen molar-refractivity contribution in [1.82, 2.24) is 0 Å². The van der Waals surface area contributed by atoms with Gasteiger partial charge in [0.15, 0.2) is 23.0 Å². The lowest BCUT2D eigenvalue weighted by Gasteiger charge is -2.30. The maximum absolute atomic E-state index is 11.0. The molecular formula is C18H19O9P-2. The van der Waals surface area contributed by atoms with E-state index in [1.165, 1.54) is 46.6 Å². The number of phenols is 1. The van der Waals surface area contributed by atoms with Crippen LogP contribution in [0.15, 0.2) is 24.3 Å². The van der Waals surface area contributed by atoms with Gasteiger partial charge in [-0.25, -0.2) is 0 Å². The molecule has 152 valence electrons. The average Bonchev–Trinajstić information content (AvgIpc) is 2.66. The second-order valence-electron chi connectivity index (χ2n) is 5.37. The second-order valence-corrected chi connectivity index (χ2v) is 6.44. The number of methoxy groups -OCH3 is 4. The smallest absolute Gasteiger partial charge is 0.203 e. The topological polar surface area (TPSA) is 130 Å². The van der Waals surface area contributed by atoms with E-state index >= 15 is 0 Å². The van der Waals surface area contributed by atoms with E-state index in [4.69, 9.17) is 18.9 Å². The molecule has 0 aliphatic heterocycles. The van der Waals surface area contributed by atoms with Crippen LogP contribution in [0.5, 0.6) is 34.5 Å². The molecule has 0 saturated heterocycles. The van der Waals surface area contributed by atoms with Crippen LogP contribution in [0.25, 0.3) is 12.2 Å². The minimum atomic E-state index is -5.41. The molecule has 0 aliphatic carbocycles. The standard InChI is InChI=1S/C18H21O9P/c1-23-13-8-7-12(17(16(13)19)27-28(20,21)22)6-5-11-9-14(24-2)18(26-4)15(10-11)25-3/h5-10,19H,1-4H3,(H2,20,21,22)/p-2/b6-5-. The number of phenolic OH excluding ortho intramolecular Hbond substituents is 1. The quantitative estimate of drug-likeness (QED) is 0.511. The zero-order chi connectivity index (χ0) is 20.9. The Balaban J connectivity index is 2.52. The molecule has 2 aromatic rings. The molecule has 0 unspecified atom stereocenters. The molecule has 0 saturated carbocycles. The molecule has 0 atom stereocenters. The van der Waals surface area contributed by atoms with Gasteiger partial charge >= 0.3 is 0 Å². The summed E-state index contributed by atoms with van der Waals surface area (Å²) < 4.78 is 36.2. The zero-order valence-corrected chi connectivity index (χ0v) is 16.5. The third-order valence-corrected chi connectivity index (χ3v) is 4.10. The van der Waals surface area contributed by atoms with Gasteiger partial charge in [-0.15, -0.1) is 0 Å². The van der Waals surface area contributed by atoms with Crippen molar-refractivity contribution in [3.05, 3.63) is 35.4 Å². The Bertz CT molecular complexity index is 893. The van der Waals surface area contributed by atoms with Crippen molar-refractivity contribution >= 4 is 20.0 Å². The molecule has 0 aromatic heterocycles. The summed E-state index contributed by atoms with van der Waals surface area (Å²) >= 11 is 0. The lowest BCUT2D eigenvalue weighted by molar-refractivity contribution is -0.333. The lowest BCUT2D eigenvalue weighted by Crippen LogP contribution is -2.19. The highest BCUT2D eigenvalue weighted by atomic mass is 31.2. The van der Waals surface area contributed by atoms with Gasteiger partial charge in [0, 0.05) is 5.56 Å². The van der Waals surface area contributed by atoms with E-state index < -0.39 is 19.3 Å². The monoisotopic (exact) mass is 410 g/mol. The maximum atomic E-state index is 11.0. The minimum Gasteiger partial charge on any atom is -0.780 e. The average molecular weight is 410 g/mol. The summed E-state index contributed by atoms with van der Waals surface area (Å²) in [6.07, 6.45) is 3.03. The van der Waals surface area contributed by atoms with E-state index in [1.807, 2.05) is 0 Å². The Morgan fingerprint density at radius 1 is 0.857 bits per heavy atom. The number of hydrogen-bond acceptors (Lipinski definition) is 9. The van der Waals surface area contributed by atoms with Gasteiger partial charge in [-0.05, 0) is 29.8 Å². The van der Waals surface area contributed by atoms with Crippen molar-refractivity contribution in [2.24, 2.45) is 0 Å². The fraction of sp³-hybridized carbons (Fsp3) is 0.222. The van der Waals surface area contributed by atoms with Gasteiger partial charge in [-0.3, -0.25) is 0 Å². The van der Waals surface area contributed by atoms with Crippen LogP contribution < -0.4 is 33.3 Å². The first-order valence-electron chi connectivity index (χ1n) is 7.83. The Labute approximate surface area is 161 Å². The highest BCUT2D eigenvalue weighted by molar-refractivity contribution is 7.43. The molecule has 28 heavy (non-hydrogen) atoms. The second kappa shape index (κ2) is 8.88. The maximum Gasteiger partial charge on any atom is 0.203 e. The summed E-state index contributed by atoms with van der Waals surface area (Å²) in [5.74, 6) is 0.0523. The molecular weight excluding hydrogens is 391 g/mol. The van der Waals surface area contributed by atoms with Crippen LogP contribution in [0.4, 0.5) is 0 Å². The predicted octanol–water partition coefficient (Wildman–Crippen LogP) is 1.80. The number of ether oxygens (including phenoxy) is 4. The third kappa shape index (κ3) is 4.89. The number of aromatic hydroxyl groups is 1. The van der Waals surface area contributed by atoms with Crippen LogP contribution in [0.1, 0.15) is 11.1 Å². The van der Waals surface area contributed by atoms with Crippen LogP contribution in [0, 0.1) is 0 Å². The van der Waals surface area contributed by atoms with Crippen molar-refractivity contribution in [3.8, 4) is 34.5 Å². The molecule has 2 rings (SSSR count). The zero-order valence-electron chi connectivity index (χ0n) is 15.6. The van der Waals surface area contributed by atoms with Gasteiger partial charge in [0.05, 0.1) is 28.4 Å². The normalized spacial score (nSPS) is 11.4. The number of phosphoric ester groups is 1. The molecule has 0 radical (unpaired) electrons. The van der Waals surface area contributed by atoms with E-state index in [0.29, 0.717) is 22.8 Å². The van der Waals surface area contributed by atoms with Gasteiger partial charge in [0.25, 0.3) is 0 Å². The van der Waals surface area contributed by atoms with E-state index in [0.717, 1.165) is 0 Å². The molecule has 0 amide bonds. The SMILES string of the molecule is COc1ccc(/C=C\c2cc(OC)c(OC)c(OC)c2)c(OP(=O)([O-])[O-])c1O. The summed E-state index contributed by atoms with van der Waals surface area (Å²) in [4.78, 5) is 22.1. The van der Waals surface area contributed by atoms with E-state index in [9.17, 15) is 19.5 Å². The molecule has 0 spiro atoms. The molecule has 2 aromatic carbocycles. The molecule has 10 heteroatoms. The first kappa shape index (κ1) is 21.4. The Hall–Kier alpha value is -2.87. The van der Waals surface area contributed by atoms with Crippen molar-refractivity contribution < 1.29 is 42.9 Å². The van der Waals surface area contributed by atoms with Crippen molar-refractivity contribution in [2.75, 3.05) is 28.4 Å². The Morgan fingerprint density at radius 2 is 1.43 bits per heavy atom. The van der Waals surface area contributed by atoms with E-state index in [-0.39, 0.29) is 11.3 Å². The van der Waals surface area contributed by atoms with Gasteiger partial charge in [0.2, 0.25) is 11.5 Å². The largest absolute Gasteiger partial charge is 0.780 e. The van der Waals surface area contributed by atoms with Crippen molar-refractivity contribution in [3.63, 3.8) is 0 Å². The van der Waals surface area contributed by atoms with Crippen LogP contribution >= 0.6 is 7.82 Å². The Kier molecular flexibility index (Phi) is 6.80. The molecule has 0 bridgehead atoms. The first-order chi connectivity index (χ1) is 13.2. The van der Waals surface area contributed by atoms with Crippen LogP contribution in [-0.4, -0.2) is 33.5 Å². The van der Waals surface area contributed by atoms with E-state index in [1.54, 1.807) is 18.2 Å². The molecule has 0 aliphatic rings. The first-order valence-corrected chi connectivity index (χ1v) is 9.29. The number of phosphoric acid groups is 1. The van der Waals surface area contributed by atoms with Crippen LogP contribution in [-0.2, 0) is 4.57 Å². The van der Waals surface area contributed by atoms with Gasteiger partial charge in [0.1, 0.15) is 7.82 Å². The number of hydrogen-bond donors (Lipinski definition) is 1. The molecule has 0 heterocycles. The highest BCUT2D eigenvalue weighted by Crippen LogP contribution is 2.45. The van der Waals surface area contributed by atoms with Crippen LogP contribution in [0.2, 0.25) is 0 Å². The van der Waals surface area contributed by atoms with Gasteiger partial charge < -0.3 is 42.9 Å². The molecule has 0 fully saturated rings. The predicted molar refractivity (Wildman–Crippen MR) is 97.9 cm³/mol. The van der Waals surface area contributed by atoms with E-state index in [2.05, 4.69) is 4.52 Å². The molecule has 9 nitrogen and oxygen atoms in total. The summed E-state index contributed by atoms with van der Waals surface area (Å²) in [6.45, 7) is 0. The van der Waals surface area contributed by atoms with Gasteiger partial charge in [-0.1, -0.05) is 12.2 Å². The summed E-state index contributed by atoms with van der Waals surface area (Å²) in [5.41, 5.74) is 0.752. The summed E-state index contributed by atoms with van der Waals surface area (Å²) in [5, 5.41) is 10.1. The van der Waals surface area contributed by atoms with Crippen molar-refractivity contribution in [1.29, 1.82) is 0 Å².